The van der Waals surface area contributed by atoms with Crippen molar-refractivity contribution in [3.05, 3.63) is 30.3 Å². The molecule has 3 rings (SSSR count). The average Bonchev–Trinajstić information content (AvgIpc) is 2.71. The predicted molar refractivity (Wildman–Crippen MR) is 125 cm³/mol. The van der Waals surface area contributed by atoms with Crippen LogP contribution in [0.2, 0.25) is 0 Å². The molecule has 2 heterocycles. The van der Waals surface area contributed by atoms with Gasteiger partial charge in [-0.2, -0.15) is 4.31 Å². The molecule has 0 aliphatic carbocycles. The van der Waals surface area contributed by atoms with Gasteiger partial charge in [0.25, 0.3) is 0 Å². The quantitative estimate of drug-likeness (QED) is 0.377. The Bertz CT molecular complexity index is 726. The van der Waals surface area contributed by atoms with Crippen LogP contribution in [0.25, 0.3) is 0 Å². The molecule has 1 N–H and O–H groups in total. The zero-order valence-corrected chi connectivity index (χ0v) is 20.0. The second kappa shape index (κ2) is 10.8. The predicted octanol–water partition coefficient (Wildman–Crippen LogP) is 3.01. The maximum Gasteiger partial charge on any atom is 0.243 e. The maximum atomic E-state index is 12.7. The largest absolute Gasteiger partial charge is 0.356 e. The van der Waals surface area contributed by atoms with Crippen LogP contribution in [0.5, 0.6) is 0 Å². The van der Waals surface area contributed by atoms with Crippen molar-refractivity contribution >= 4 is 40.0 Å². The highest BCUT2D eigenvalue weighted by Gasteiger charge is 2.29. The van der Waals surface area contributed by atoms with Crippen LogP contribution in [0.1, 0.15) is 32.6 Å². The van der Waals surface area contributed by atoms with E-state index in [2.05, 4.69) is 22.1 Å². The smallest absolute Gasteiger partial charge is 0.243 e. The van der Waals surface area contributed by atoms with Crippen molar-refractivity contribution in [1.29, 1.82) is 0 Å². The lowest BCUT2D eigenvalue weighted by Crippen LogP contribution is -2.48. The Morgan fingerprint density at radius 3 is 2.25 bits per heavy atom. The summed E-state index contributed by atoms with van der Waals surface area (Å²) in [6, 6.07) is 8.73. The van der Waals surface area contributed by atoms with Crippen LogP contribution in [0.15, 0.2) is 40.2 Å². The number of hydrogen-bond donors (Lipinski definition) is 1. The Labute approximate surface area is 186 Å². The maximum absolute atomic E-state index is 12.7. The van der Waals surface area contributed by atoms with E-state index in [1.54, 1.807) is 28.6 Å². The molecule has 0 saturated carbocycles. The SMILES string of the molecule is CN=C(NCC1CCN(S(=O)(=O)c2ccccc2)CC1)N1CCC(C)CC1.I. The number of hydrogen-bond acceptors (Lipinski definition) is 3. The Morgan fingerprint density at radius 1 is 1.07 bits per heavy atom. The van der Waals surface area contributed by atoms with Gasteiger partial charge in [-0.25, -0.2) is 8.42 Å². The minimum Gasteiger partial charge on any atom is -0.356 e. The van der Waals surface area contributed by atoms with Crippen LogP contribution in [-0.4, -0.2) is 63.4 Å². The van der Waals surface area contributed by atoms with Crippen molar-refractivity contribution in [2.75, 3.05) is 39.8 Å². The van der Waals surface area contributed by atoms with Crippen LogP contribution >= 0.6 is 24.0 Å². The molecule has 2 fully saturated rings. The number of sulfonamides is 1. The standard InChI is InChI=1S/C20H32N4O2S.HI/c1-17-8-12-23(13-9-17)20(21-2)22-16-18-10-14-24(15-11-18)27(25,26)19-6-4-3-5-7-19;/h3-7,17-18H,8-16H2,1-2H3,(H,21,22);1H. The number of likely N-dealkylation sites (tertiary alicyclic amines) is 1. The lowest BCUT2D eigenvalue weighted by molar-refractivity contribution is 0.258. The molecule has 2 saturated heterocycles. The van der Waals surface area contributed by atoms with Gasteiger partial charge < -0.3 is 10.2 Å². The summed E-state index contributed by atoms with van der Waals surface area (Å²) < 4.78 is 27.1. The van der Waals surface area contributed by atoms with Crippen molar-refractivity contribution < 1.29 is 8.42 Å². The van der Waals surface area contributed by atoms with Crippen LogP contribution in [0, 0.1) is 11.8 Å². The molecule has 2 aliphatic heterocycles. The summed E-state index contributed by atoms with van der Waals surface area (Å²) in [6.07, 6.45) is 4.20. The summed E-state index contributed by atoms with van der Waals surface area (Å²) in [7, 11) is -1.52. The highest BCUT2D eigenvalue weighted by Crippen LogP contribution is 2.23. The first-order chi connectivity index (χ1) is 13.0. The number of nitrogens with one attached hydrogen (secondary N) is 1. The van der Waals surface area contributed by atoms with E-state index >= 15 is 0 Å². The fourth-order valence-electron chi connectivity index (χ4n) is 3.88. The summed E-state index contributed by atoms with van der Waals surface area (Å²) in [4.78, 5) is 7.17. The second-order valence-corrected chi connectivity index (χ2v) is 9.70. The first kappa shape index (κ1) is 23.4. The minimum absolute atomic E-state index is 0. The van der Waals surface area contributed by atoms with Crippen LogP contribution in [-0.2, 0) is 10.0 Å². The fourth-order valence-corrected chi connectivity index (χ4v) is 5.37. The van der Waals surface area contributed by atoms with Crippen LogP contribution in [0.4, 0.5) is 0 Å². The van der Waals surface area contributed by atoms with Gasteiger partial charge in [-0.05, 0) is 49.7 Å². The number of halogens is 1. The zero-order chi connectivity index (χ0) is 19.3. The number of nitrogens with zero attached hydrogens (tertiary/aromatic N) is 3. The highest BCUT2D eigenvalue weighted by molar-refractivity contribution is 14.0. The number of aliphatic imine (C=N–C) groups is 1. The highest BCUT2D eigenvalue weighted by atomic mass is 127. The van der Waals surface area contributed by atoms with E-state index in [0.717, 1.165) is 44.4 Å². The number of piperidine rings is 2. The molecule has 8 heteroatoms. The molecule has 0 atom stereocenters. The molecular formula is C20H33IN4O2S. The van der Waals surface area contributed by atoms with Crippen molar-refractivity contribution in [2.24, 2.45) is 16.8 Å². The first-order valence-electron chi connectivity index (χ1n) is 10.0. The van der Waals surface area contributed by atoms with E-state index in [4.69, 9.17) is 0 Å². The third-order valence-electron chi connectivity index (χ3n) is 5.80. The van der Waals surface area contributed by atoms with Gasteiger partial charge in [0.2, 0.25) is 10.0 Å². The molecule has 28 heavy (non-hydrogen) atoms. The summed E-state index contributed by atoms with van der Waals surface area (Å²) in [5, 5.41) is 3.52. The van der Waals surface area contributed by atoms with Gasteiger partial charge in [-0.3, -0.25) is 4.99 Å². The monoisotopic (exact) mass is 520 g/mol. The van der Waals surface area contributed by atoms with Gasteiger partial charge in [0, 0.05) is 39.8 Å². The van der Waals surface area contributed by atoms with Crippen molar-refractivity contribution in [3.8, 4) is 0 Å². The Balaban J connectivity index is 0.00000280. The molecule has 0 radical (unpaired) electrons. The Morgan fingerprint density at radius 2 is 1.68 bits per heavy atom. The third-order valence-corrected chi connectivity index (χ3v) is 7.71. The van der Waals surface area contributed by atoms with E-state index in [0.29, 0.717) is 23.9 Å². The number of guanidine groups is 1. The first-order valence-corrected chi connectivity index (χ1v) is 11.5. The average molecular weight is 520 g/mol. The van der Waals surface area contributed by atoms with Gasteiger partial charge in [-0.1, -0.05) is 25.1 Å². The summed E-state index contributed by atoms with van der Waals surface area (Å²) >= 11 is 0. The molecule has 158 valence electrons. The van der Waals surface area contributed by atoms with Crippen LogP contribution in [0.3, 0.4) is 0 Å². The molecule has 2 aliphatic rings. The van der Waals surface area contributed by atoms with E-state index in [9.17, 15) is 8.42 Å². The summed E-state index contributed by atoms with van der Waals surface area (Å²) in [6.45, 7) is 6.47. The van der Waals surface area contributed by atoms with Gasteiger partial charge in [0.15, 0.2) is 5.96 Å². The Kier molecular flexibility index (Phi) is 9.01. The molecule has 0 amide bonds. The zero-order valence-electron chi connectivity index (χ0n) is 16.9. The second-order valence-electron chi connectivity index (χ2n) is 7.76. The normalized spacial score (nSPS) is 20.6. The third kappa shape index (κ3) is 5.82. The molecule has 1 aromatic rings. The van der Waals surface area contributed by atoms with Crippen molar-refractivity contribution in [3.63, 3.8) is 0 Å². The lowest BCUT2D eigenvalue weighted by atomic mass is 9.98. The molecule has 0 aromatic heterocycles. The molecule has 0 spiro atoms. The minimum atomic E-state index is -3.36. The topological polar surface area (TPSA) is 65.0 Å². The molecule has 0 unspecified atom stereocenters. The van der Waals surface area contributed by atoms with Gasteiger partial charge in [0.05, 0.1) is 4.90 Å². The summed E-state index contributed by atoms with van der Waals surface area (Å²) in [5.41, 5.74) is 0. The van der Waals surface area contributed by atoms with Gasteiger partial charge in [0.1, 0.15) is 0 Å². The lowest BCUT2D eigenvalue weighted by Gasteiger charge is -2.35. The van der Waals surface area contributed by atoms with Crippen LogP contribution < -0.4 is 5.32 Å². The van der Waals surface area contributed by atoms with Gasteiger partial charge in [-0.15, -0.1) is 24.0 Å². The van der Waals surface area contributed by atoms with Gasteiger partial charge >= 0.3 is 0 Å². The van der Waals surface area contributed by atoms with E-state index in [1.165, 1.54) is 12.8 Å². The fraction of sp³-hybridized carbons (Fsp3) is 0.650. The number of rotatable bonds is 4. The van der Waals surface area contributed by atoms with E-state index in [-0.39, 0.29) is 24.0 Å². The molecular weight excluding hydrogens is 487 g/mol. The summed E-state index contributed by atoms with van der Waals surface area (Å²) in [5.74, 6) is 2.27. The number of benzene rings is 1. The van der Waals surface area contributed by atoms with E-state index in [1.807, 2.05) is 13.1 Å². The van der Waals surface area contributed by atoms with E-state index < -0.39 is 10.0 Å². The molecule has 1 aromatic carbocycles. The molecule has 0 bridgehead atoms. The van der Waals surface area contributed by atoms with Crippen molar-refractivity contribution in [2.45, 2.75) is 37.5 Å². The Hall–Kier alpha value is -0.870. The van der Waals surface area contributed by atoms with Crippen molar-refractivity contribution in [1.82, 2.24) is 14.5 Å². The molecule has 6 nitrogen and oxygen atoms in total.